The smallest absolute Gasteiger partial charge is 0.325 e. The van der Waals surface area contributed by atoms with Gasteiger partial charge >= 0.3 is 6.03 Å². The van der Waals surface area contributed by atoms with Gasteiger partial charge in [0.2, 0.25) is 5.91 Å². The molecule has 7 nitrogen and oxygen atoms in total. The normalized spacial score (nSPS) is 10.3. The first kappa shape index (κ1) is 21.3. The fourth-order valence-corrected chi connectivity index (χ4v) is 3.58. The summed E-state index contributed by atoms with van der Waals surface area (Å²) in [6.45, 7) is 0.544. The van der Waals surface area contributed by atoms with Crippen LogP contribution in [0.4, 0.5) is 15.6 Å². The van der Waals surface area contributed by atoms with E-state index in [1.807, 2.05) is 47.8 Å². The summed E-state index contributed by atoms with van der Waals surface area (Å²) in [7, 11) is 1.64. The number of thiazole rings is 1. The van der Waals surface area contributed by atoms with Gasteiger partial charge in [-0.3, -0.25) is 10.1 Å². The lowest BCUT2D eigenvalue weighted by atomic mass is 10.1. The molecule has 0 unspecified atom stereocenters. The predicted molar refractivity (Wildman–Crippen MR) is 119 cm³/mol. The molecule has 0 atom stereocenters. The summed E-state index contributed by atoms with van der Waals surface area (Å²) < 4.78 is 5.32. The second kappa shape index (κ2) is 11.0. The number of aromatic nitrogens is 1. The van der Waals surface area contributed by atoms with E-state index in [1.165, 1.54) is 11.3 Å². The minimum absolute atomic E-state index is 0.0331. The van der Waals surface area contributed by atoms with Gasteiger partial charge in [0.1, 0.15) is 5.75 Å². The van der Waals surface area contributed by atoms with Crippen LogP contribution in [-0.2, 0) is 17.6 Å². The summed E-state index contributed by atoms with van der Waals surface area (Å²) in [6, 6.07) is 16.6. The number of benzene rings is 2. The fourth-order valence-electron chi connectivity index (χ4n) is 2.84. The van der Waals surface area contributed by atoms with Gasteiger partial charge in [-0.05, 0) is 36.6 Å². The van der Waals surface area contributed by atoms with E-state index in [1.54, 1.807) is 19.2 Å². The maximum atomic E-state index is 12.1. The number of carbonyl (C=O) groups excluding carboxylic acids is 2. The molecule has 0 saturated carbocycles. The van der Waals surface area contributed by atoms with Gasteiger partial charge in [0, 0.05) is 24.0 Å². The summed E-state index contributed by atoms with van der Waals surface area (Å²) in [5.41, 5.74) is 2.54. The number of nitrogens with zero attached hydrogens (tertiary/aromatic N) is 1. The van der Waals surface area contributed by atoms with Crippen LogP contribution in [0.3, 0.4) is 0 Å². The highest BCUT2D eigenvalue weighted by Crippen LogP contribution is 2.18. The number of methoxy groups -OCH3 is 1. The number of hydrogen-bond donors (Lipinski definition) is 3. The van der Waals surface area contributed by atoms with E-state index in [2.05, 4.69) is 20.9 Å². The van der Waals surface area contributed by atoms with Crippen molar-refractivity contribution in [2.24, 2.45) is 0 Å². The number of nitrogens with one attached hydrogen (secondary N) is 3. The second-order valence-corrected chi connectivity index (χ2v) is 7.36. The molecular formula is C22H24N4O3S. The third-order valence-electron chi connectivity index (χ3n) is 4.32. The minimum atomic E-state index is -0.351. The molecule has 0 aliphatic heterocycles. The van der Waals surface area contributed by atoms with Gasteiger partial charge in [0.15, 0.2) is 5.13 Å². The highest BCUT2D eigenvalue weighted by Gasteiger charge is 2.09. The number of anilines is 2. The molecule has 0 saturated heterocycles. The average molecular weight is 425 g/mol. The van der Waals surface area contributed by atoms with Crippen LogP contribution in [0, 0.1) is 0 Å². The quantitative estimate of drug-likeness (QED) is 0.482. The van der Waals surface area contributed by atoms with Gasteiger partial charge < -0.3 is 15.4 Å². The van der Waals surface area contributed by atoms with Gasteiger partial charge in [-0.1, -0.05) is 36.4 Å². The number of aryl methyl sites for hydroxylation is 1. The highest BCUT2D eigenvalue weighted by atomic mass is 32.1. The Bertz CT molecular complexity index is 975. The number of amides is 3. The van der Waals surface area contributed by atoms with Gasteiger partial charge in [0.25, 0.3) is 0 Å². The van der Waals surface area contributed by atoms with Crippen molar-refractivity contribution in [2.75, 3.05) is 24.3 Å². The van der Waals surface area contributed by atoms with Crippen molar-refractivity contribution in [2.45, 2.75) is 19.3 Å². The topological polar surface area (TPSA) is 92.4 Å². The van der Waals surface area contributed by atoms with E-state index in [0.29, 0.717) is 36.6 Å². The summed E-state index contributed by atoms with van der Waals surface area (Å²) in [5, 5.41) is 10.7. The Morgan fingerprint density at radius 1 is 1.00 bits per heavy atom. The molecule has 3 amide bonds. The standard InChI is InChI=1S/C22H24N4O3S/c1-29-19-10-6-5-7-16(19)13-14-23-20(27)12-11-18-15-30-22(25-18)26-21(28)24-17-8-3-2-4-9-17/h2-10,15H,11-14H2,1H3,(H,23,27)(H2,24,25,26,28). The molecule has 0 aliphatic rings. The molecule has 0 spiro atoms. The average Bonchev–Trinajstić information content (AvgIpc) is 3.20. The van der Waals surface area contributed by atoms with E-state index in [9.17, 15) is 9.59 Å². The van der Waals surface area contributed by atoms with Gasteiger partial charge in [-0.25, -0.2) is 9.78 Å². The molecule has 0 aliphatic carbocycles. The Hall–Kier alpha value is -3.39. The van der Waals surface area contributed by atoms with Crippen LogP contribution in [0.15, 0.2) is 60.0 Å². The monoisotopic (exact) mass is 424 g/mol. The molecule has 0 radical (unpaired) electrons. The first-order valence-electron chi connectivity index (χ1n) is 9.60. The molecule has 156 valence electrons. The van der Waals surface area contributed by atoms with Crippen LogP contribution < -0.4 is 20.7 Å². The van der Waals surface area contributed by atoms with Crippen molar-refractivity contribution in [3.05, 3.63) is 71.2 Å². The molecule has 0 bridgehead atoms. The Balaban J connectivity index is 1.38. The number of rotatable bonds is 9. The maximum absolute atomic E-state index is 12.1. The first-order valence-corrected chi connectivity index (χ1v) is 10.5. The number of urea groups is 1. The van der Waals surface area contributed by atoms with Gasteiger partial charge in [0.05, 0.1) is 12.8 Å². The third kappa shape index (κ3) is 6.59. The van der Waals surface area contributed by atoms with E-state index in [0.717, 1.165) is 17.0 Å². The summed E-state index contributed by atoms with van der Waals surface area (Å²) in [6.07, 6.45) is 1.56. The number of para-hydroxylation sites is 2. The molecule has 8 heteroatoms. The van der Waals surface area contributed by atoms with Crippen molar-refractivity contribution in [1.29, 1.82) is 0 Å². The van der Waals surface area contributed by atoms with E-state index >= 15 is 0 Å². The Morgan fingerprint density at radius 3 is 2.57 bits per heavy atom. The van der Waals surface area contributed by atoms with Crippen LogP contribution in [0.5, 0.6) is 5.75 Å². The Kier molecular flexibility index (Phi) is 7.79. The minimum Gasteiger partial charge on any atom is -0.496 e. The molecular weight excluding hydrogens is 400 g/mol. The molecule has 3 rings (SSSR count). The SMILES string of the molecule is COc1ccccc1CCNC(=O)CCc1csc(NC(=O)Nc2ccccc2)n1. The van der Waals surface area contributed by atoms with Crippen molar-refractivity contribution in [3.8, 4) is 5.75 Å². The maximum Gasteiger partial charge on any atom is 0.325 e. The highest BCUT2D eigenvalue weighted by molar-refractivity contribution is 7.13. The molecule has 0 fully saturated rings. The summed E-state index contributed by atoms with van der Waals surface area (Å²) in [4.78, 5) is 28.5. The zero-order valence-corrected chi connectivity index (χ0v) is 17.5. The van der Waals surface area contributed by atoms with Crippen molar-refractivity contribution < 1.29 is 14.3 Å². The zero-order valence-electron chi connectivity index (χ0n) is 16.7. The molecule has 30 heavy (non-hydrogen) atoms. The number of ether oxygens (including phenoxy) is 1. The molecule has 1 aromatic heterocycles. The van der Waals surface area contributed by atoms with Crippen LogP contribution in [0.25, 0.3) is 0 Å². The number of carbonyl (C=O) groups is 2. The van der Waals surface area contributed by atoms with E-state index in [4.69, 9.17) is 4.74 Å². The molecule has 1 heterocycles. The van der Waals surface area contributed by atoms with E-state index in [-0.39, 0.29) is 11.9 Å². The van der Waals surface area contributed by atoms with Crippen molar-refractivity contribution >= 4 is 34.1 Å². The zero-order chi connectivity index (χ0) is 21.2. The fraction of sp³-hybridized carbons (Fsp3) is 0.227. The Labute approximate surface area is 179 Å². The van der Waals surface area contributed by atoms with Crippen LogP contribution in [-0.4, -0.2) is 30.6 Å². The number of hydrogen-bond acceptors (Lipinski definition) is 5. The Morgan fingerprint density at radius 2 is 1.77 bits per heavy atom. The second-order valence-electron chi connectivity index (χ2n) is 6.50. The van der Waals surface area contributed by atoms with E-state index < -0.39 is 0 Å². The van der Waals surface area contributed by atoms with Gasteiger partial charge in [-0.15, -0.1) is 11.3 Å². The van der Waals surface area contributed by atoms with Crippen molar-refractivity contribution in [1.82, 2.24) is 10.3 Å². The third-order valence-corrected chi connectivity index (χ3v) is 5.13. The lowest BCUT2D eigenvalue weighted by Gasteiger charge is -2.09. The lowest BCUT2D eigenvalue weighted by Crippen LogP contribution is -2.26. The van der Waals surface area contributed by atoms with Crippen molar-refractivity contribution in [3.63, 3.8) is 0 Å². The first-order chi connectivity index (χ1) is 14.6. The van der Waals surface area contributed by atoms with Crippen LogP contribution in [0.2, 0.25) is 0 Å². The molecule has 3 aromatic rings. The van der Waals surface area contributed by atoms with Gasteiger partial charge in [-0.2, -0.15) is 0 Å². The lowest BCUT2D eigenvalue weighted by molar-refractivity contribution is -0.121. The predicted octanol–water partition coefficient (Wildman–Crippen LogP) is 4.09. The molecule has 2 aromatic carbocycles. The largest absolute Gasteiger partial charge is 0.496 e. The van der Waals surface area contributed by atoms with Crippen LogP contribution >= 0.6 is 11.3 Å². The summed E-state index contributed by atoms with van der Waals surface area (Å²) in [5.74, 6) is 0.791. The summed E-state index contributed by atoms with van der Waals surface area (Å²) >= 11 is 1.33. The van der Waals surface area contributed by atoms with Crippen LogP contribution in [0.1, 0.15) is 17.7 Å². The molecule has 3 N–H and O–H groups in total.